The van der Waals surface area contributed by atoms with E-state index < -0.39 is 0 Å². The number of carbonyl (C=O) groups is 1. The van der Waals surface area contributed by atoms with Crippen LogP contribution in [-0.2, 0) is 12.8 Å². The SMILES string of the molecule is Nc1ccccc1C(=O)Nc1ccc2c(c1)CCCC2. The van der Waals surface area contributed by atoms with Crippen LogP contribution in [0, 0.1) is 0 Å². The number of amides is 1. The van der Waals surface area contributed by atoms with Crippen molar-refractivity contribution in [1.82, 2.24) is 0 Å². The van der Waals surface area contributed by atoms with Gasteiger partial charge in [-0.3, -0.25) is 4.79 Å². The van der Waals surface area contributed by atoms with E-state index in [1.807, 2.05) is 18.2 Å². The fourth-order valence-corrected chi connectivity index (χ4v) is 2.71. The van der Waals surface area contributed by atoms with Gasteiger partial charge in [-0.2, -0.15) is 0 Å². The monoisotopic (exact) mass is 266 g/mol. The molecule has 3 heteroatoms. The van der Waals surface area contributed by atoms with Crippen LogP contribution in [-0.4, -0.2) is 5.91 Å². The summed E-state index contributed by atoms with van der Waals surface area (Å²) in [5.41, 5.74) is 10.5. The molecule has 3 N–H and O–H groups in total. The molecule has 0 heterocycles. The van der Waals surface area contributed by atoms with Crippen LogP contribution in [0.1, 0.15) is 34.3 Å². The van der Waals surface area contributed by atoms with Gasteiger partial charge in [-0.25, -0.2) is 0 Å². The third-order valence-electron chi connectivity index (χ3n) is 3.81. The van der Waals surface area contributed by atoms with Crippen molar-refractivity contribution >= 4 is 17.3 Å². The lowest BCUT2D eigenvalue weighted by Gasteiger charge is -2.17. The average Bonchev–Trinajstić information content (AvgIpc) is 2.47. The Morgan fingerprint density at radius 2 is 1.75 bits per heavy atom. The van der Waals surface area contributed by atoms with Gasteiger partial charge in [-0.15, -0.1) is 0 Å². The molecule has 102 valence electrons. The maximum absolute atomic E-state index is 12.2. The Bertz CT molecular complexity index is 649. The molecule has 1 aliphatic rings. The third-order valence-corrected chi connectivity index (χ3v) is 3.81. The minimum absolute atomic E-state index is 0.154. The number of para-hydroxylation sites is 1. The van der Waals surface area contributed by atoms with Crippen molar-refractivity contribution in [2.24, 2.45) is 0 Å². The Labute approximate surface area is 118 Å². The molecule has 3 rings (SSSR count). The molecule has 2 aromatic carbocycles. The second-order valence-electron chi connectivity index (χ2n) is 5.23. The number of hydrogen-bond donors (Lipinski definition) is 2. The number of benzene rings is 2. The molecular weight excluding hydrogens is 248 g/mol. The standard InChI is InChI=1S/C17H18N2O/c18-16-8-4-3-7-15(16)17(20)19-14-10-9-12-5-1-2-6-13(12)11-14/h3-4,7-11H,1-2,5-6,18H2,(H,19,20). The van der Waals surface area contributed by atoms with Gasteiger partial charge >= 0.3 is 0 Å². The highest BCUT2D eigenvalue weighted by molar-refractivity contribution is 6.07. The zero-order chi connectivity index (χ0) is 13.9. The van der Waals surface area contributed by atoms with E-state index >= 15 is 0 Å². The van der Waals surface area contributed by atoms with Crippen molar-refractivity contribution in [2.75, 3.05) is 11.1 Å². The van der Waals surface area contributed by atoms with Crippen LogP contribution in [0.3, 0.4) is 0 Å². The highest BCUT2D eigenvalue weighted by Crippen LogP contribution is 2.24. The van der Waals surface area contributed by atoms with Gasteiger partial charge in [-0.1, -0.05) is 18.2 Å². The molecule has 0 aromatic heterocycles. The van der Waals surface area contributed by atoms with Crippen molar-refractivity contribution in [3.05, 3.63) is 59.2 Å². The summed E-state index contributed by atoms with van der Waals surface area (Å²) >= 11 is 0. The number of anilines is 2. The van der Waals surface area contributed by atoms with Gasteiger partial charge < -0.3 is 11.1 Å². The van der Waals surface area contributed by atoms with Gasteiger partial charge in [0.05, 0.1) is 5.56 Å². The average molecular weight is 266 g/mol. The molecule has 0 saturated carbocycles. The molecule has 1 aliphatic carbocycles. The van der Waals surface area contributed by atoms with Crippen LogP contribution < -0.4 is 11.1 Å². The van der Waals surface area contributed by atoms with Crippen LogP contribution in [0.2, 0.25) is 0 Å². The summed E-state index contributed by atoms with van der Waals surface area (Å²) < 4.78 is 0. The zero-order valence-electron chi connectivity index (χ0n) is 11.4. The summed E-state index contributed by atoms with van der Waals surface area (Å²) in [6.07, 6.45) is 4.75. The molecule has 3 nitrogen and oxygen atoms in total. The van der Waals surface area contributed by atoms with Gasteiger partial charge in [-0.05, 0) is 61.1 Å². The van der Waals surface area contributed by atoms with Crippen LogP contribution in [0.4, 0.5) is 11.4 Å². The number of hydrogen-bond acceptors (Lipinski definition) is 2. The summed E-state index contributed by atoms with van der Waals surface area (Å²) in [5, 5.41) is 2.93. The molecule has 0 bridgehead atoms. The van der Waals surface area contributed by atoms with Crippen LogP contribution in [0.5, 0.6) is 0 Å². The predicted octanol–water partition coefficient (Wildman–Crippen LogP) is 3.40. The molecular formula is C17H18N2O. The smallest absolute Gasteiger partial charge is 0.257 e. The lowest BCUT2D eigenvalue weighted by Crippen LogP contribution is -2.14. The Hall–Kier alpha value is -2.29. The molecule has 0 unspecified atom stereocenters. The lowest BCUT2D eigenvalue weighted by atomic mass is 9.91. The van der Waals surface area contributed by atoms with Gasteiger partial charge in [0.25, 0.3) is 5.91 Å². The first-order valence-electron chi connectivity index (χ1n) is 7.02. The van der Waals surface area contributed by atoms with Gasteiger partial charge in [0.15, 0.2) is 0 Å². The van der Waals surface area contributed by atoms with E-state index in [1.54, 1.807) is 12.1 Å². The molecule has 0 aliphatic heterocycles. The summed E-state index contributed by atoms with van der Waals surface area (Å²) in [6, 6.07) is 13.3. The molecule has 1 amide bonds. The Morgan fingerprint density at radius 1 is 1.00 bits per heavy atom. The van der Waals surface area contributed by atoms with Crippen molar-refractivity contribution < 1.29 is 4.79 Å². The van der Waals surface area contributed by atoms with Crippen molar-refractivity contribution in [3.8, 4) is 0 Å². The van der Waals surface area contributed by atoms with E-state index in [-0.39, 0.29) is 5.91 Å². The minimum atomic E-state index is -0.154. The van der Waals surface area contributed by atoms with E-state index in [0.29, 0.717) is 11.3 Å². The van der Waals surface area contributed by atoms with E-state index in [2.05, 4.69) is 17.4 Å². The lowest BCUT2D eigenvalue weighted by molar-refractivity contribution is 0.102. The quantitative estimate of drug-likeness (QED) is 0.818. The molecule has 0 fully saturated rings. The fourth-order valence-electron chi connectivity index (χ4n) is 2.71. The normalized spacial score (nSPS) is 13.6. The van der Waals surface area contributed by atoms with Crippen molar-refractivity contribution in [1.29, 1.82) is 0 Å². The van der Waals surface area contributed by atoms with Gasteiger partial charge in [0.1, 0.15) is 0 Å². The number of nitrogen functional groups attached to an aromatic ring is 1. The number of rotatable bonds is 2. The van der Waals surface area contributed by atoms with E-state index in [1.165, 1.54) is 24.0 Å². The third kappa shape index (κ3) is 2.52. The number of carbonyl (C=O) groups excluding carboxylic acids is 1. The van der Waals surface area contributed by atoms with E-state index in [9.17, 15) is 4.79 Å². The summed E-state index contributed by atoms with van der Waals surface area (Å²) in [5.74, 6) is -0.154. The summed E-state index contributed by atoms with van der Waals surface area (Å²) in [6.45, 7) is 0. The first-order chi connectivity index (χ1) is 9.74. The van der Waals surface area contributed by atoms with Crippen molar-refractivity contribution in [2.45, 2.75) is 25.7 Å². The molecule has 20 heavy (non-hydrogen) atoms. The number of nitrogens with one attached hydrogen (secondary N) is 1. The maximum atomic E-state index is 12.2. The Kier molecular flexibility index (Phi) is 3.42. The number of fused-ring (bicyclic) bond motifs is 1. The first kappa shape index (κ1) is 12.7. The minimum Gasteiger partial charge on any atom is -0.398 e. The molecule has 0 saturated heterocycles. The van der Waals surface area contributed by atoms with Crippen LogP contribution in [0.25, 0.3) is 0 Å². The number of aryl methyl sites for hydroxylation is 2. The largest absolute Gasteiger partial charge is 0.398 e. The van der Waals surface area contributed by atoms with Gasteiger partial charge in [0, 0.05) is 11.4 Å². The first-order valence-corrected chi connectivity index (χ1v) is 7.02. The number of nitrogens with two attached hydrogens (primary N) is 1. The second kappa shape index (κ2) is 5.37. The van der Waals surface area contributed by atoms with Crippen LogP contribution >= 0.6 is 0 Å². The fraction of sp³-hybridized carbons (Fsp3) is 0.235. The topological polar surface area (TPSA) is 55.1 Å². The van der Waals surface area contributed by atoms with E-state index in [0.717, 1.165) is 18.5 Å². The second-order valence-corrected chi connectivity index (χ2v) is 5.23. The highest BCUT2D eigenvalue weighted by atomic mass is 16.1. The van der Waals surface area contributed by atoms with Crippen molar-refractivity contribution in [3.63, 3.8) is 0 Å². The van der Waals surface area contributed by atoms with Gasteiger partial charge in [0.2, 0.25) is 0 Å². The zero-order valence-corrected chi connectivity index (χ0v) is 11.4. The summed E-state index contributed by atoms with van der Waals surface area (Å²) in [4.78, 5) is 12.2. The highest BCUT2D eigenvalue weighted by Gasteiger charge is 2.12. The predicted molar refractivity (Wildman–Crippen MR) is 81.9 cm³/mol. The Morgan fingerprint density at radius 3 is 2.55 bits per heavy atom. The van der Waals surface area contributed by atoms with Crippen LogP contribution in [0.15, 0.2) is 42.5 Å². The molecule has 0 spiro atoms. The summed E-state index contributed by atoms with van der Waals surface area (Å²) in [7, 11) is 0. The molecule has 2 aromatic rings. The Balaban J connectivity index is 1.81. The molecule has 0 atom stereocenters. The molecule has 0 radical (unpaired) electrons. The maximum Gasteiger partial charge on any atom is 0.257 e. The van der Waals surface area contributed by atoms with E-state index in [4.69, 9.17) is 5.73 Å².